The maximum Gasteiger partial charge on any atom is 0.322 e. The summed E-state index contributed by atoms with van der Waals surface area (Å²) in [5.74, 6) is -0.463. The first-order chi connectivity index (χ1) is 17.5. The summed E-state index contributed by atoms with van der Waals surface area (Å²) in [5, 5.41) is 0.107. The van der Waals surface area contributed by atoms with Gasteiger partial charge in [0.15, 0.2) is 0 Å². The van der Waals surface area contributed by atoms with Gasteiger partial charge in [-0.15, -0.1) is 0 Å². The number of esters is 1. The minimum absolute atomic E-state index is 0.0118. The van der Waals surface area contributed by atoms with Gasteiger partial charge in [-0.25, -0.2) is 17.8 Å². The number of aromatic nitrogens is 2. The average molecular weight is 612 g/mol. The number of halogens is 3. The molecule has 0 saturated carbocycles. The van der Waals surface area contributed by atoms with Gasteiger partial charge in [-0.05, 0) is 66.0 Å². The van der Waals surface area contributed by atoms with Crippen molar-refractivity contribution in [2.75, 3.05) is 0 Å². The van der Waals surface area contributed by atoms with Gasteiger partial charge in [0.1, 0.15) is 28.7 Å². The number of sulfonamides is 1. The third-order valence-electron chi connectivity index (χ3n) is 6.84. The molecule has 3 N–H and O–H groups in total. The third kappa shape index (κ3) is 5.07. The molecule has 12 heteroatoms. The third-order valence-corrected chi connectivity index (χ3v) is 9.97. The Kier molecular flexibility index (Phi) is 7.18. The molecule has 3 heterocycles. The molecule has 0 radical (unpaired) electrons. The van der Waals surface area contributed by atoms with Gasteiger partial charge in [0, 0.05) is 36.1 Å². The van der Waals surface area contributed by atoms with Crippen molar-refractivity contribution in [3.8, 4) is 22.6 Å². The topological polar surface area (TPSA) is 118 Å². The molecule has 2 aliphatic rings. The van der Waals surface area contributed by atoms with Crippen LogP contribution in [0.2, 0.25) is 5.02 Å². The van der Waals surface area contributed by atoms with E-state index in [0.29, 0.717) is 52.8 Å². The van der Waals surface area contributed by atoms with Gasteiger partial charge in [-0.1, -0.05) is 17.7 Å². The second kappa shape index (κ2) is 10.1. The van der Waals surface area contributed by atoms with Gasteiger partial charge in [0.05, 0.1) is 21.4 Å². The van der Waals surface area contributed by atoms with Gasteiger partial charge >= 0.3 is 5.97 Å². The first-order valence-electron chi connectivity index (χ1n) is 11.8. The number of fused-ring (bicyclic) bond motifs is 2. The number of rotatable bonds is 6. The predicted molar refractivity (Wildman–Crippen MR) is 141 cm³/mol. The van der Waals surface area contributed by atoms with Crippen LogP contribution in [0, 0.1) is 5.82 Å². The number of carbonyl (C=O) groups excluding carboxylic acids is 1. The zero-order valence-corrected chi connectivity index (χ0v) is 23.0. The number of aromatic amines is 1. The van der Waals surface area contributed by atoms with Crippen molar-refractivity contribution in [2.24, 2.45) is 5.73 Å². The van der Waals surface area contributed by atoms with E-state index in [9.17, 15) is 17.6 Å². The first-order valence-corrected chi connectivity index (χ1v) is 14.5. The minimum atomic E-state index is -3.94. The van der Waals surface area contributed by atoms with E-state index in [1.165, 1.54) is 22.5 Å². The molecule has 0 amide bonds. The fourth-order valence-electron chi connectivity index (χ4n) is 5.08. The lowest BCUT2D eigenvalue weighted by atomic mass is 10.0. The Hall–Kier alpha value is -2.31. The number of ether oxygens (including phenoxy) is 1. The van der Waals surface area contributed by atoms with E-state index < -0.39 is 27.9 Å². The Morgan fingerprint density at radius 3 is 2.54 bits per heavy atom. The lowest BCUT2D eigenvalue weighted by molar-refractivity contribution is -0.152. The number of hydrogen-bond acceptors (Lipinski definition) is 6. The van der Waals surface area contributed by atoms with E-state index in [2.05, 4.69) is 25.9 Å². The van der Waals surface area contributed by atoms with Crippen LogP contribution in [0.25, 0.3) is 22.6 Å². The Labute approximate surface area is 227 Å². The van der Waals surface area contributed by atoms with E-state index in [4.69, 9.17) is 22.1 Å². The summed E-state index contributed by atoms with van der Waals surface area (Å²) in [4.78, 5) is 19.5. The van der Waals surface area contributed by atoms with Crippen LogP contribution in [-0.2, 0) is 19.6 Å². The number of nitrogens with two attached hydrogens (primary N) is 1. The van der Waals surface area contributed by atoms with E-state index in [0.717, 1.165) is 0 Å². The van der Waals surface area contributed by atoms with Crippen LogP contribution >= 0.6 is 27.5 Å². The molecule has 1 aromatic heterocycles. The first kappa shape index (κ1) is 26.3. The molecule has 2 aromatic carbocycles. The summed E-state index contributed by atoms with van der Waals surface area (Å²) in [7, 11) is -3.94. The molecule has 196 valence electrons. The van der Waals surface area contributed by atoms with Crippen molar-refractivity contribution < 1.29 is 22.3 Å². The van der Waals surface area contributed by atoms with Gasteiger partial charge in [0.2, 0.25) is 10.0 Å². The molecular formula is C25H25BrClFN4O4S. The van der Waals surface area contributed by atoms with Crippen molar-refractivity contribution in [1.29, 1.82) is 0 Å². The van der Waals surface area contributed by atoms with Crippen molar-refractivity contribution >= 4 is 43.5 Å². The molecular weight excluding hydrogens is 587 g/mol. The maximum absolute atomic E-state index is 14.0. The highest BCUT2D eigenvalue weighted by Gasteiger charge is 2.48. The molecule has 0 spiro atoms. The number of imidazole rings is 1. The van der Waals surface area contributed by atoms with Gasteiger partial charge < -0.3 is 15.5 Å². The van der Waals surface area contributed by atoms with E-state index in [-0.39, 0.29) is 28.1 Å². The second-order valence-corrected chi connectivity index (χ2v) is 12.5. The maximum atomic E-state index is 14.0. The summed E-state index contributed by atoms with van der Waals surface area (Å²) in [6.07, 6.45) is 3.38. The summed E-state index contributed by atoms with van der Waals surface area (Å²) in [6, 6.07) is 8.12. The van der Waals surface area contributed by atoms with Crippen LogP contribution in [0.3, 0.4) is 0 Å². The number of nitrogens with one attached hydrogen (secondary N) is 1. The average Bonchev–Trinajstić information content (AvgIpc) is 3.44. The largest absolute Gasteiger partial charge is 0.461 e. The summed E-state index contributed by atoms with van der Waals surface area (Å²) in [5.41, 5.74) is 7.33. The molecule has 37 heavy (non-hydrogen) atoms. The molecule has 2 saturated heterocycles. The second-order valence-electron chi connectivity index (χ2n) is 9.46. The Bertz CT molecular complexity index is 1450. The lowest BCUT2D eigenvalue weighted by Crippen LogP contribution is -2.49. The lowest BCUT2D eigenvalue weighted by Gasteiger charge is -2.37. The molecule has 5 rings (SSSR count). The summed E-state index contributed by atoms with van der Waals surface area (Å²) < 4.78 is 49.0. The SMILES string of the molecule is C[C@H](N)C(=O)OC1CC2CCC(C1)N2S(=O)(=O)c1cc(-c2ncc(-c3ccc(Br)c(F)c3)[nH]2)ccc1Cl. The zero-order valence-electron chi connectivity index (χ0n) is 19.8. The molecule has 2 aliphatic heterocycles. The van der Waals surface area contributed by atoms with Crippen LogP contribution in [0.15, 0.2) is 52.0 Å². The van der Waals surface area contributed by atoms with Crippen LogP contribution < -0.4 is 5.73 Å². The van der Waals surface area contributed by atoms with Crippen LogP contribution in [0.4, 0.5) is 4.39 Å². The number of hydrogen-bond donors (Lipinski definition) is 2. The Morgan fingerprint density at radius 2 is 1.89 bits per heavy atom. The van der Waals surface area contributed by atoms with Crippen LogP contribution in [0.5, 0.6) is 0 Å². The fraction of sp³-hybridized carbons (Fsp3) is 0.360. The van der Waals surface area contributed by atoms with Gasteiger partial charge in [-0.3, -0.25) is 4.79 Å². The van der Waals surface area contributed by atoms with Crippen molar-refractivity contribution in [3.05, 3.63) is 57.9 Å². The highest BCUT2D eigenvalue weighted by atomic mass is 79.9. The minimum Gasteiger partial charge on any atom is -0.461 e. The van der Waals surface area contributed by atoms with Crippen LogP contribution in [0.1, 0.15) is 32.6 Å². The quantitative estimate of drug-likeness (QED) is 0.384. The zero-order chi connectivity index (χ0) is 26.5. The molecule has 8 nitrogen and oxygen atoms in total. The Morgan fingerprint density at radius 1 is 1.22 bits per heavy atom. The Balaban J connectivity index is 1.41. The normalized spacial score (nSPS) is 22.7. The number of H-pyrrole nitrogens is 1. The summed E-state index contributed by atoms with van der Waals surface area (Å²) in [6.45, 7) is 1.56. The highest BCUT2D eigenvalue weighted by Crippen LogP contribution is 2.42. The van der Waals surface area contributed by atoms with E-state index in [1.807, 2.05) is 0 Å². The number of benzene rings is 2. The molecule has 2 fully saturated rings. The summed E-state index contributed by atoms with van der Waals surface area (Å²) >= 11 is 9.54. The smallest absolute Gasteiger partial charge is 0.322 e. The van der Waals surface area contributed by atoms with Crippen molar-refractivity contribution in [3.63, 3.8) is 0 Å². The van der Waals surface area contributed by atoms with E-state index in [1.54, 1.807) is 31.3 Å². The number of carbonyl (C=O) groups is 1. The number of piperidine rings is 1. The predicted octanol–water partition coefficient (Wildman–Crippen LogP) is 4.87. The molecule has 3 atom stereocenters. The van der Waals surface area contributed by atoms with Gasteiger partial charge in [-0.2, -0.15) is 4.31 Å². The van der Waals surface area contributed by atoms with E-state index >= 15 is 0 Å². The fourth-order valence-corrected chi connectivity index (χ4v) is 7.73. The van der Waals surface area contributed by atoms with Gasteiger partial charge in [0.25, 0.3) is 0 Å². The monoisotopic (exact) mass is 610 g/mol. The molecule has 2 bridgehead atoms. The van der Waals surface area contributed by atoms with Crippen molar-refractivity contribution in [2.45, 2.75) is 61.7 Å². The van der Waals surface area contributed by atoms with Crippen LogP contribution in [-0.4, -0.2) is 52.9 Å². The standard InChI is InChI=1S/C25H25BrClFN4O4S/c1-13(29)25(33)36-18-10-16-4-5-17(11-18)32(16)37(34,35)23-9-15(3-7-20(23)27)24-30-12-22(31-24)14-2-6-19(26)21(28)8-14/h2-3,6-9,12-13,16-18H,4-5,10-11,29H2,1H3,(H,30,31)/t13-,16?,17?,18?/m0/s1. The molecule has 2 unspecified atom stereocenters. The number of nitrogens with zero attached hydrogens (tertiary/aromatic N) is 2. The molecule has 3 aromatic rings. The van der Waals surface area contributed by atoms with Crippen molar-refractivity contribution in [1.82, 2.24) is 14.3 Å². The highest BCUT2D eigenvalue weighted by molar-refractivity contribution is 9.10. The molecule has 0 aliphatic carbocycles.